The van der Waals surface area contributed by atoms with Crippen molar-refractivity contribution in [2.45, 2.75) is 24.1 Å². The standard InChI is InChI=1S/C9H14Cl3NO/c1-7(2)5-3-4-6-14-8(13)9(10,11)12/h3-4,7,13H,5-6H2,1-2H3/b4-3-,13-8?. The highest BCUT2D eigenvalue weighted by Crippen LogP contribution is 2.27. The SMILES string of the molecule is CC(C)C/C=C\COC(=N)C(Cl)(Cl)Cl. The van der Waals surface area contributed by atoms with Crippen LogP contribution in [0.25, 0.3) is 0 Å². The number of allylic oxidation sites excluding steroid dienone is 1. The van der Waals surface area contributed by atoms with Crippen molar-refractivity contribution in [3.8, 4) is 0 Å². The Morgan fingerprint density at radius 2 is 1.93 bits per heavy atom. The second-order valence-corrected chi connectivity index (χ2v) is 5.52. The van der Waals surface area contributed by atoms with Crippen molar-refractivity contribution in [3.05, 3.63) is 12.2 Å². The summed E-state index contributed by atoms with van der Waals surface area (Å²) in [5, 5.41) is 7.21. The average Bonchev–Trinajstić information content (AvgIpc) is 2.01. The molecule has 0 radical (unpaired) electrons. The first-order chi connectivity index (χ1) is 6.34. The van der Waals surface area contributed by atoms with E-state index in [2.05, 4.69) is 13.8 Å². The van der Waals surface area contributed by atoms with Crippen LogP contribution in [0.15, 0.2) is 12.2 Å². The molecule has 0 aromatic rings. The lowest BCUT2D eigenvalue weighted by atomic mass is 10.1. The molecule has 0 saturated carbocycles. The maximum absolute atomic E-state index is 7.21. The second kappa shape index (κ2) is 6.54. The fraction of sp³-hybridized carbons (Fsp3) is 0.667. The molecule has 0 fully saturated rings. The van der Waals surface area contributed by atoms with Gasteiger partial charge in [-0.15, -0.1) is 0 Å². The van der Waals surface area contributed by atoms with Gasteiger partial charge in [0.15, 0.2) is 0 Å². The van der Waals surface area contributed by atoms with Crippen LogP contribution in [0.5, 0.6) is 0 Å². The van der Waals surface area contributed by atoms with Gasteiger partial charge in [0.25, 0.3) is 3.79 Å². The first-order valence-electron chi connectivity index (χ1n) is 4.27. The van der Waals surface area contributed by atoms with E-state index in [1.165, 1.54) is 0 Å². The molecule has 0 aliphatic rings. The Bertz CT molecular complexity index is 209. The maximum Gasteiger partial charge on any atom is 0.265 e. The minimum absolute atomic E-state index is 0.263. The van der Waals surface area contributed by atoms with Crippen molar-refractivity contribution < 1.29 is 4.74 Å². The summed E-state index contributed by atoms with van der Waals surface area (Å²) in [4.78, 5) is 0. The third-order valence-corrected chi connectivity index (χ3v) is 1.87. The van der Waals surface area contributed by atoms with E-state index in [4.69, 9.17) is 44.9 Å². The van der Waals surface area contributed by atoms with Crippen LogP contribution in [0, 0.1) is 11.3 Å². The van der Waals surface area contributed by atoms with E-state index in [0.717, 1.165) is 6.42 Å². The van der Waals surface area contributed by atoms with Gasteiger partial charge in [-0.1, -0.05) is 60.8 Å². The largest absolute Gasteiger partial charge is 0.474 e. The molecule has 1 N–H and O–H groups in total. The van der Waals surface area contributed by atoms with Gasteiger partial charge < -0.3 is 4.74 Å². The average molecular weight is 259 g/mol. The molecule has 0 bridgehead atoms. The van der Waals surface area contributed by atoms with Crippen molar-refractivity contribution >= 4 is 40.7 Å². The molecule has 0 saturated heterocycles. The Morgan fingerprint density at radius 3 is 2.36 bits per heavy atom. The van der Waals surface area contributed by atoms with Gasteiger partial charge >= 0.3 is 0 Å². The van der Waals surface area contributed by atoms with E-state index in [1.807, 2.05) is 12.2 Å². The molecule has 0 aromatic carbocycles. The summed E-state index contributed by atoms with van der Waals surface area (Å²) in [6.07, 6.45) is 4.77. The minimum Gasteiger partial charge on any atom is -0.474 e. The van der Waals surface area contributed by atoms with Gasteiger partial charge in [-0.3, -0.25) is 5.41 Å². The zero-order chi connectivity index (χ0) is 11.2. The van der Waals surface area contributed by atoms with Gasteiger partial charge in [-0.2, -0.15) is 0 Å². The maximum atomic E-state index is 7.21. The number of rotatable bonds is 4. The lowest BCUT2D eigenvalue weighted by molar-refractivity contribution is 0.339. The fourth-order valence-electron chi connectivity index (χ4n) is 0.650. The summed E-state index contributed by atoms with van der Waals surface area (Å²) < 4.78 is 3.13. The monoisotopic (exact) mass is 257 g/mol. The van der Waals surface area contributed by atoms with Gasteiger partial charge in [0.1, 0.15) is 6.61 Å². The lowest BCUT2D eigenvalue weighted by Crippen LogP contribution is -2.21. The molecule has 2 nitrogen and oxygen atoms in total. The summed E-state index contributed by atoms with van der Waals surface area (Å²) >= 11 is 16.2. The number of alkyl halides is 3. The van der Waals surface area contributed by atoms with Crippen molar-refractivity contribution in [2.75, 3.05) is 6.61 Å². The van der Waals surface area contributed by atoms with Crippen LogP contribution >= 0.6 is 34.8 Å². The Kier molecular flexibility index (Phi) is 6.58. The Morgan fingerprint density at radius 1 is 1.36 bits per heavy atom. The van der Waals surface area contributed by atoms with Crippen LogP contribution in [0.1, 0.15) is 20.3 Å². The molecule has 0 aromatic heterocycles. The van der Waals surface area contributed by atoms with Crippen LogP contribution in [-0.4, -0.2) is 16.3 Å². The van der Waals surface area contributed by atoms with E-state index in [-0.39, 0.29) is 12.5 Å². The van der Waals surface area contributed by atoms with Crippen molar-refractivity contribution in [1.82, 2.24) is 0 Å². The Hall–Kier alpha value is 0.0800. The third-order valence-electron chi connectivity index (χ3n) is 1.36. The van der Waals surface area contributed by atoms with Crippen molar-refractivity contribution in [1.29, 1.82) is 5.41 Å². The van der Waals surface area contributed by atoms with Crippen LogP contribution in [0.3, 0.4) is 0 Å². The molecule has 5 heteroatoms. The first kappa shape index (κ1) is 14.1. The number of nitrogens with one attached hydrogen (secondary N) is 1. The molecular formula is C9H14Cl3NO. The number of ether oxygens (including phenoxy) is 1. The first-order valence-corrected chi connectivity index (χ1v) is 5.41. The highest BCUT2D eigenvalue weighted by atomic mass is 35.6. The predicted molar refractivity (Wildman–Crippen MR) is 62.6 cm³/mol. The van der Waals surface area contributed by atoms with E-state index < -0.39 is 3.79 Å². The summed E-state index contributed by atoms with van der Waals surface area (Å²) in [6, 6.07) is 0. The quantitative estimate of drug-likeness (QED) is 0.352. The van der Waals surface area contributed by atoms with Crippen molar-refractivity contribution in [2.24, 2.45) is 5.92 Å². The Balaban J connectivity index is 3.65. The molecule has 0 aliphatic heterocycles. The lowest BCUT2D eigenvalue weighted by Gasteiger charge is -2.11. The Labute approximate surface area is 99.7 Å². The molecule has 0 atom stereocenters. The van der Waals surface area contributed by atoms with Gasteiger partial charge in [0, 0.05) is 0 Å². The molecule has 0 rings (SSSR count). The highest BCUT2D eigenvalue weighted by Gasteiger charge is 2.28. The van der Waals surface area contributed by atoms with Gasteiger partial charge in [0.05, 0.1) is 0 Å². The van der Waals surface area contributed by atoms with Crippen LogP contribution in [0.4, 0.5) is 0 Å². The number of hydrogen-bond donors (Lipinski definition) is 1. The normalized spacial score (nSPS) is 12.4. The summed E-state index contributed by atoms with van der Waals surface area (Å²) in [7, 11) is 0. The summed E-state index contributed by atoms with van der Waals surface area (Å²) in [5.74, 6) is 0.260. The van der Waals surface area contributed by atoms with E-state index in [9.17, 15) is 0 Å². The molecule has 0 heterocycles. The molecular weight excluding hydrogens is 244 g/mol. The molecule has 14 heavy (non-hydrogen) atoms. The molecule has 82 valence electrons. The predicted octanol–water partition coefficient (Wildman–Crippen LogP) is 3.95. The summed E-state index contributed by atoms with van der Waals surface area (Å²) in [6.45, 7) is 4.50. The fourth-order valence-corrected chi connectivity index (χ4v) is 0.813. The molecule has 0 unspecified atom stereocenters. The second-order valence-electron chi connectivity index (χ2n) is 3.24. The van der Waals surface area contributed by atoms with Crippen LogP contribution in [-0.2, 0) is 4.74 Å². The van der Waals surface area contributed by atoms with Gasteiger partial charge in [-0.05, 0) is 12.3 Å². The zero-order valence-corrected chi connectivity index (χ0v) is 10.5. The smallest absolute Gasteiger partial charge is 0.265 e. The van der Waals surface area contributed by atoms with Gasteiger partial charge in [0.2, 0.25) is 5.90 Å². The minimum atomic E-state index is -1.76. The van der Waals surface area contributed by atoms with Gasteiger partial charge in [-0.25, -0.2) is 0 Å². The number of hydrogen-bond acceptors (Lipinski definition) is 2. The van der Waals surface area contributed by atoms with Crippen molar-refractivity contribution in [3.63, 3.8) is 0 Å². The molecule has 0 amide bonds. The van der Waals surface area contributed by atoms with E-state index in [1.54, 1.807) is 0 Å². The van der Waals surface area contributed by atoms with Crippen LogP contribution in [0.2, 0.25) is 0 Å². The topological polar surface area (TPSA) is 33.1 Å². The van der Waals surface area contributed by atoms with E-state index >= 15 is 0 Å². The zero-order valence-electron chi connectivity index (χ0n) is 8.19. The highest BCUT2D eigenvalue weighted by molar-refractivity contribution is 6.76. The molecule has 0 aliphatic carbocycles. The third kappa shape index (κ3) is 7.48. The van der Waals surface area contributed by atoms with E-state index in [0.29, 0.717) is 5.92 Å². The number of halogens is 3. The summed E-state index contributed by atoms with van der Waals surface area (Å²) in [5.41, 5.74) is 0. The molecule has 0 spiro atoms. The van der Waals surface area contributed by atoms with Crippen LogP contribution < -0.4 is 0 Å².